The molecule has 218 valence electrons. The van der Waals surface area contributed by atoms with Gasteiger partial charge in [0.05, 0.1) is 26.9 Å². The molecule has 46 heavy (non-hydrogen) atoms. The highest BCUT2D eigenvalue weighted by atomic mass is 32.1. The molecular formula is C42H29N3S. The molecule has 0 saturated carbocycles. The summed E-state index contributed by atoms with van der Waals surface area (Å²) in [6, 6.07) is 45.7. The van der Waals surface area contributed by atoms with Crippen molar-refractivity contribution in [1.82, 2.24) is 14.1 Å². The Bertz CT molecular complexity index is 2610. The van der Waals surface area contributed by atoms with Crippen LogP contribution in [0.4, 0.5) is 0 Å². The van der Waals surface area contributed by atoms with Crippen molar-refractivity contribution in [2.75, 3.05) is 0 Å². The summed E-state index contributed by atoms with van der Waals surface area (Å²) in [5.41, 5.74) is 8.18. The quantitative estimate of drug-likeness (QED) is 0.179. The summed E-state index contributed by atoms with van der Waals surface area (Å²) in [6.07, 6.45) is 5.99. The molecule has 0 atom stereocenters. The number of aryl methyl sites for hydroxylation is 1. The van der Waals surface area contributed by atoms with E-state index in [0.29, 0.717) is 0 Å². The lowest BCUT2D eigenvalue weighted by Crippen LogP contribution is -2.05. The van der Waals surface area contributed by atoms with E-state index in [1.54, 1.807) is 0 Å². The van der Waals surface area contributed by atoms with E-state index in [1.807, 2.05) is 23.5 Å². The van der Waals surface area contributed by atoms with Gasteiger partial charge < -0.3 is 0 Å². The van der Waals surface area contributed by atoms with Gasteiger partial charge in [-0.15, -0.1) is 11.3 Å². The van der Waals surface area contributed by atoms with Crippen molar-refractivity contribution in [3.63, 3.8) is 0 Å². The van der Waals surface area contributed by atoms with Gasteiger partial charge in [-0.25, -0.2) is 4.98 Å². The van der Waals surface area contributed by atoms with Gasteiger partial charge in [0.1, 0.15) is 5.82 Å². The molecule has 0 N–H and O–H groups in total. The van der Waals surface area contributed by atoms with Crippen LogP contribution in [-0.4, -0.2) is 14.1 Å². The van der Waals surface area contributed by atoms with Crippen molar-refractivity contribution < 1.29 is 0 Å². The molecule has 4 heterocycles. The van der Waals surface area contributed by atoms with Crippen molar-refractivity contribution in [3.8, 4) is 22.8 Å². The molecule has 0 radical (unpaired) electrons. The zero-order chi connectivity index (χ0) is 30.8. The second-order valence-corrected chi connectivity index (χ2v) is 12.7. The van der Waals surface area contributed by atoms with Gasteiger partial charge in [-0.05, 0) is 66.1 Å². The predicted molar refractivity (Wildman–Crippen MR) is 198 cm³/mol. The summed E-state index contributed by atoms with van der Waals surface area (Å²) in [4.78, 5) is 5.60. The Morgan fingerprint density at radius 2 is 1.24 bits per heavy atom. The maximum Gasteiger partial charge on any atom is 0.158 e. The topological polar surface area (TPSA) is 22.8 Å². The highest BCUT2D eigenvalue weighted by molar-refractivity contribution is 7.26. The van der Waals surface area contributed by atoms with Crippen molar-refractivity contribution in [3.05, 3.63) is 157 Å². The summed E-state index contributed by atoms with van der Waals surface area (Å²) < 4.78 is 7.09. The molecule has 9 rings (SSSR count). The van der Waals surface area contributed by atoms with Crippen molar-refractivity contribution in [1.29, 1.82) is 0 Å². The minimum absolute atomic E-state index is 0.891. The van der Waals surface area contributed by atoms with Gasteiger partial charge in [0.15, 0.2) is 5.82 Å². The van der Waals surface area contributed by atoms with E-state index in [0.717, 1.165) is 33.9 Å². The Kier molecular flexibility index (Phi) is 6.05. The third kappa shape index (κ3) is 3.94. The van der Waals surface area contributed by atoms with E-state index in [1.165, 1.54) is 53.0 Å². The van der Waals surface area contributed by atoms with Crippen molar-refractivity contribution in [2.45, 2.75) is 6.92 Å². The third-order valence-electron chi connectivity index (χ3n) is 9.12. The molecule has 3 nitrogen and oxygen atoms in total. The molecule has 0 amide bonds. The average molecular weight is 608 g/mol. The first-order valence-electron chi connectivity index (χ1n) is 15.5. The van der Waals surface area contributed by atoms with Crippen LogP contribution in [0.2, 0.25) is 0 Å². The molecule has 0 bridgehead atoms. The maximum absolute atomic E-state index is 5.60. The average Bonchev–Trinajstić information content (AvgIpc) is 3.74. The van der Waals surface area contributed by atoms with Gasteiger partial charge >= 0.3 is 0 Å². The Hall–Kier alpha value is -5.71. The molecule has 4 aromatic heterocycles. The van der Waals surface area contributed by atoms with Crippen molar-refractivity contribution >= 4 is 70.3 Å². The molecule has 0 aliphatic rings. The first-order chi connectivity index (χ1) is 22.7. The smallest absolute Gasteiger partial charge is 0.158 e. The Labute approximate surface area is 270 Å². The molecule has 0 spiro atoms. The molecular weight excluding hydrogens is 579 g/mol. The lowest BCUT2D eigenvalue weighted by molar-refractivity contribution is 0.997. The zero-order valence-corrected chi connectivity index (χ0v) is 26.1. The number of nitrogens with zero attached hydrogens (tertiary/aromatic N) is 3. The minimum Gasteiger partial charge on any atom is -0.294 e. The number of hydrogen-bond donors (Lipinski definition) is 0. The first kappa shape index (κ1) is 26.7. The second-order valence-electron chi connectivity index (χ2n) is 11.7. The molecule has 0 fully saturated rings. The predicted octanol–water partition coefficient (Wildman–Crippen LogP) is 11.7. The zero-order valence-electron chi connectivity index (χ0n) is 25.3. The summed E-state index contributed by atoms with van der Waals surface area (Å²) >= 11 is 1.82. The maximum atomic E-state index is 5.60. The number of thiophene rings is 1. The molecule has 0 unspecified atom stereocenters. The number of fused-ring (bicyclic) bond motifs is 7. The van der Waals surface area contributed by atoms with Crippen LogP contribution in [0.25, 0.3) is 81.7 Å². The van der Waals surface area contributed by atoms with E-state index in [9.17, 15) is 0 Å². The number of benzene rings is 5. The van der Waals surface area contributed by atoms with E-state index in [-0.39, 0.29) is 0 Å². The number of aromatic nitrogens is 3. The van der Waals surface area contributed by atoms with Gasteiger partial charge in [-0.2, -0.15) is 0 Å². The van der Waals surface area contributed by atoms with Crippen LogP contribution in [0.1, 0.15) is 11.3 Å². The summed E-state index contributed by atoms with van der Waals surface area (Å²) in [6.45, 7) is 6.15. The molecule has 0 aliphatic carbocycles. The lowest BCUT2D eigenvalue weighted by atomic mass is 10.0. The SMILES string of the molecule is C=C/C=C\c1c(C)c2ccccc2n1-c1cc2c(sc3ccc(-c4ccccc4)cc32)c(-n2c3ccccc3c3ccccc32)n1. The van der Waals surface area contributed by atoms with Crippen LogP contribution in [-0.2, 0) is 0 Å². The number of hydrogen-bond acceptors (Lipinski definition) is 2. The fourth-order valence-electron chi connectivity index (χ4n) is 7.00. The monoisotopic (exact) mass is 607 g/mol. The van der Waals surface area contributed by atoms with E-state index in [2.05, 4.69) is 156 Å². The van der Waals surface area contributed by atoms with Gasteiger partial charge in [0.2, 0.25) is 0 Å². The summed E-state index contributed by atoms with van der Waals surface area (Å²) in [5.74, 6) is 1.84. The normalized spacial score (nSPS) is 12.0. The van der Waals surface area contributed by atoms with Gasteiger partial charge in [0, 0.05) is 31.6 Å². The van der Waals surface area contributed by atoms with Crippen LogP contribution in [0.15, 0.2) is 146 Å². The Morgan fingerprint density at radius 1 is 0.609 bits per heavy atom. The molecule has 5 aromatic carbocycles. The van der Waals surface area contributed by atoms with E-state index >= 15 is 0 Å². The number of allylic oxidation sites excluding steroid dienone is 2. The van der Waals surface area contributed by atoms with Crippen LogP contribution >= 0.6 is 11.3 Å². The Morgan fingerprint density at radius 3 is 1.93 bits per heavy atom. The van der Waals surface area contributed by atoms with Gasteiger partial charge in [-0.3, -0.25) is 9.13 Å². The standard InChI is InChI=1S/C42H29N3S/c1-3-4-19-35-27(2)30-16-8-11-20-36(30)44(35)40-26-34-33-25-29(28-14-6-5-7-15-28)23-24-39(33)46-41(34)42(43-40)45-37-21-12-9-17-31(37)32-18-10-13-22-38(32)45/h3-26H,1H2,2H3/b19-4-. The van der Waals surface area contributed by atoms with Crippen LogP contribution in [0.5, 0.6) is 0 Å². The molecule has 0 aliphatic heterocycles. The van der Waals surface area contributed by atoms with Gasteiger partial charge in [-0.1, -0.05) is 110 Å². The first-order valence-corrected chi connectivity index (χ1v) is 16.3. The molecule has 0 saturated heterocycles. The summed E-state index contributed by atoms with van der Waals surface area (Å²) in [7, 11) is 0. The van der Waals surface area contributed by atoms with Crippen molar-refractivity contribution in [2.24, 2.45) is 0 Å². The highest BCUT2D eigenvalue weighted by Crippen LogP contribution is 2.43. The number of para-hydroxylation sites is 3. The largest absolute Gasteiger partial charge is 0.294 e. The van der Waals surface area contributed by atoms with Crippen LogP contribution in [0.3, 0.4) is 0 Å². The lowest BCUT2D eigenvalue weighted by Gasteiger charge is -2.14. The number of pyridine rings is 1. The number of rotatable bonds is 5. The highest BCUT2D eigenvalue weighted by Gasteiger charge is 2.22. The fraction of sp³-hybridized carbons (Fsp3) is 0.0238. The fourth-order valence-corrected chi connectivity index (χ4v) is 8.14. The molecule has 4 heteroatoms. The summed E-state index contributed by atoms with van der Waals surface area (Å²) in [5, 5.41) is 6.11. The second kappa shape index (κ2) is 10.4. The van der Waals surface area contributed by atoms with E-state index < -0.39 is 0 Å². The van der Waals surface area contributed by atoms with E-state index in [4.69, 9.17) is 4.98 Å². The molecule has 9 aromatic rings. The Balaban J connectivity index is 1.45. The van der Waals surface area contributed by atoms with Gasteiger partial charge in [0.25, 0.3) is 0 Å². The third-order valence-corrected chi connectivity index (χ3v) is 10.3. The van der Waals surface area contributed by atoms with Crippen LogP contribution in [0, 0.1) is 6.92 Å². The van der Waals surface area contributed by atoms with Crippen LogP contribution < -0.4 is 0 Å². The minimum atomic E-state index is 0.891.